The van der Waals surface area contributed by atoms with Gasteiger partial charge in [0.15, 0.2) is 0 Å². The van der Waals surface area contributed by atoms with Crippen molar-refractivity contribution in [2.24, 2.45) is 0 Å². The van der Waals surface area contributed by atoms with Crippen LogP contribution >= 0.6 is 0 Å². The zero-order chi connectivity index (χ0) is 19.6. The van der Waals surface area contributed by atoms with Gasteiger partial charge in [0.1, 0.15) is 5.75 Å². The molecule has 2 aromatic rings. The molecule has 1 aliphatic rings. The van der Waals surface area contributed by atoms with E-state index < -0.39 is 6.04 Å². The van der Waals surface area contributed by atoms with Crippen LogP contribution in [0.2, 0.25) is 0 Å². The molecule has 0 bridgehead atoms. The summed E-state index contributed by atoms with van der Waals surface area (Å²) in [7, 11) is 1.59. The highest BCUT2D eigenvalue weighted by Crippen LogP contribution is 2.30. The van der Waals surface area contributed by atoms with E-state index in [1.165, 1.54) is 0 Å². The van der Waals surface area contributed by atoms with Gasteiger partial charge in [0.05, 0.1) is 18.7 Å². The highest BCUT2D eigenvalue weighted by Gasteiger charge is 2.32. The summed E-state index contributed by atoms with van der Waals surface area (Å²) in [5.41, 5.74) is 4.66. The maximum absolute atomic E-state index is 13.0. The molecule has 1 heterocycles. The van der Waals surface area contributed by atoms with E-state index in [-0.39, 0.29) is 11.9 Å². The lowest BCUT2D eigenvalue weighted by molar-refractivity contribution is -0.113. The Hall–Kier alpha value is -3.28. The van der Waals surface area contributed by atoms with Crippen LogP contribution in [0.25, 0.3) is 0 Å². The number of methoxy groups -OCH3 is 1. The fourth-order valence-corrected chi connectivity index (χ4v) is 3.17. The van der Waals surface area contributed by atoms with Gasteiger partial charge in [0, 0.05) is 11.4 Å². The summed E-state index contributed by atoms with van der Waals surface area (Å²) in [4.78, 5) is 25.1. The van der Waals surface area contributed by atoms with Gasteiger partial charge in [-0.3, -0.25) is 4.79 Å². The van der Waals surface area contributed by atoms with E-state index in [1.807, 2.05) is 32.0 Å². The Balaban J connectivity index is 1.95. The molecule has 1 aliphatic heterocycles. The Kier molecular flexibility index (Phi) is 5.16. The highest BCUT2D eigenvalue weighted by molar-refractivity contribution is 6.06. The first kappa shape index (κ1) is 18.5. The molecule has 0 spiro atoms. The molecule has 0 aliphatic carbocycles. The first-order chi connectivity index (χ1) is 12.9. The summed E-state index contributed by atoms with van der Waals surface area (Å²) >= 11 is 0. The number of hydrogen-bond acceptors (Lipinski definition) is 3. The molecule has 3 rings (SSSR count). The number of urea groups is 1. The van der Waals surface area contributed by atoms with Gasteiger partial charge >= 0.3 is 6.03 Å². The van der Waals surface area contributed by atoms with Crippen molar-refractivity contribution < 1.29 is 14.3 Å². The fraction of sp³-hybridized carbons (Fsp3) is 0.238. The zero-order valence-electron chi connectivity index (χ0n) is 15.8. The van der Waals surface area contributed by atoms with E-state index in [0.717, 1.165) is 16.7 Å². The van der Waals surface area contributed by atoms with Gasteiger partial charge < -0.3 is 20.7 Å². The van der Waals surface area contributed by atoms with Crippen molar-refractivity contribution in [3.63, 3.8) is 0 Å². The first-order valence-corrected chi connectivity index (χ1v) is 8.70. The van der Waals surface area contributed by atoms with Crippen molar-refractivity contribution >= 4 is 17.6 Å². The lowest BCUT2D eigenvalue weighted by Crippen LogP contribution is -2.46. The minimum absolute atomic E-state index is 0.268. The summed E-state index contributed by atoms with van der Waals surface area (Å²) in [6.45, 7) is 5.69. The van der Waals surface area contributed by atoms with E-state index in [0.29, 0.717) is 22.7 Å². The molecule has 3 amide bonds. The van der Waals surface area contributed by atoms with Crippen molar-refractivity contribution in [2.75, 3.05) is 12.4 Å². The number of rotatable bonds is 4. The second-order valence-corrected chi connectivity index (χ2v) is 6.61. The number of aryl methyl sites for hydroxylation is 2. The molecular formula is C21H23N3O3. The summed E-state index contributed by atoms with van der Waals surface area (Å²) < 4.78 is 5.14. The Morgan fingerprint density at radius 3 is 2.44 bits per heavy atom. The number of nitrogens with one attached hydrogen (secondary N) is 3. The monoisotopic (exact) mass is 365 g/mol. The number of anilines is 1. The summed E-state index contributed by atoms with van der Waals surface area (Å²) in [5.74, 6) is 0.444. The van der Waals surface area contributed by atoms with Gasteiger partial charge in [-0.05, 0) is 56.2 Å². The molecule has 1 unspecified atom stereocenters. The Morgan fingerprint density at radius 1 is 1.07 bits per heavy atom. The predicted molar refractivity (Wildman–Crippen MR) is 105 cm³/mol. The lowest BCUT2D eigenvalue weighted by Gasteiger charge is -2.29. The molecule has 0 saturated carbocycles. The Bertz CT molecular complexity index is 917. The first-order valence-electron chi connectivity index (χ1n) is 8.70. The minimum Gasteiger partial charge on any atom is -0.497 e. The van der Waals surface area contributed by atoms with Crippen LogP contribution in [0.5, 0.6) is 5.75 Å². The van der Waals surface area contributed by atoms with Crippen LogP contribution in [0.4, 0.5) is 10.5 Å². The molecule has 1 atom stereocenters. The van der Waals surface area contributed by atoms with Crippen LogP contribution in [0.1, 0.15) is 29.7 Å². The topological polar surface area (TPSA) is 79.5 Å². The molecule has 27 heavy (non-hydrogen) atoms. The van der Waals surface area contributed by atoms with Gasteiger partial charge in [-0.1, -0.05) is 23.8 Å². The predicted octanol–water partition coefficient (Wildman–Crippen LogP) is 3.58. The van der Waals surface area contributed by atoms with Crippen LogP contribution in [0.15, 0.2) is 53.7 Å². The number of carbonyl (C=O) groups is 2. The largest absolute Gasteiger partial charge is 0.497 e. The van der Waals surface area contributed by atoms with Crippen LogP contribution in [-0.4, -0.2) is 19.0 Å². The summed E-state index contributed by atoms with van der Waals surface area (Å²) in [5, 5.41) is 8.47. The lowest BCUT2D eigenvalue weighted by atomic mass is 9.90. The van der Waals surface area contributed by atoms with Gasteiger partial charge in [0.2, 0.25) is 0 Å². The molecule has 6 heteroatoms. The van der Waals surface area contributed by atoms with E-state index in [1.54, 1.807) is 38.3 Å². The van der Waals surface area contributed by atoms with Crippen LogP contribution in [0.3, 0.4) is 0 Å². The molecule has 0 aromatic heterocycles. The molecule has 2 aromatic carbocycles. The molecule has 3 N–H and O–H groups in total. The number of carbonyl (C=O) groups excluding carboxylic acids is 2. The fourth-order valence-electron chi connectivity index (χ4n) is 3.17. The van der Waals surface area contributed by atoms with Crippen molar-refractivity contribution in [2.45, 2.75) is 26.8 Å². The number of allylic oxidation sites excluding steroid dienone is 1. The Morgan fingerprint density at radius 2 is 1.78 bits per heavy atom. The average molecular weight is 365 g/mol. The maximum atomic E-state index is 13.0. The van der Waals surface area contributed by atoms with Gasteiger partial charge in [-0.2, -0.15) is 0 Å². The maximum Gasteiger partial charge on any atom is 0.319 e. The van der Waals surface area contributed by atoms with Crippen molar-refractivity contribution in [3.05, 3.63) is 70.4 Å². The number of benzene rings is 2. The molecular weight excluding hydrogens is 342 g/mol. The van der Waals surface area contributed by atoms with E-state index in [4.69, 9.17) is 4.74 Å². The molecule has 140 valence electrons. The van der Waals surface area contributed by atoms with Gasteiger partial charge in [0.25, 0.3) is 5.91 Å². The molecule has 0 radical (unpaired) electrons. The van der Waals surface area contributed by atoms with Crippen molar-refractivity contribution in [1.29, 1.82) is 0 Å². The SMILES string of the molecule is COc1ccc(NC(=O)C2=C(C)NC(=O)NC2c2cc(C)ccc2C)cc1. The summed E-state index contributed by atoms with van der Waals surface area (Å²) in [6.07, 6.45) is 0. The third-order valence-electron chi connectivity index (χ3n) is 4.61. The van der Waals surface area contributed by atoms with Gasteiger partial charge in [-0.15, -0.1) is 0 Å². The highest BCUT2D eigenvalue weighted by atomic mass is 16.5. The smallest absolute Gasteiger partial charge is 0.319 e. The third kappa shape index (κ3) is 3.95. The second kappa shape index (κ2) is 7.53. The van der Waals surface area contributed by atoms with E-state index in [9.17, 15) is 9.59 Å². The van der Waals surface area contributed by atoms with E-state index in [2.05, 4.69) is 16.0 Å². The Labute approximate surface area is 158 Å². The van der Waals surface area contributed by atoms with Crippen LogP contribution in [0, 0.1) is 13.8 Å². The standard InChI is InChI=1S/C21H23N3O3/c1-12-5-6-13(2)17(11-12)19-18(14(3)22-21(26)24-19)20(25)23-15-7-9-16(27-4)10-8-15/h5-11,19H,1-4H3,(H,23,25)(H2,22,24,26). The molecule has 6 nitrogen and oxygen atoms in total. The van der Waals surface area contributed by atoms with Crippen molar-refractivity contribution in [1.82, 2.24) is 10.6 Å². The van der Waals surface area contributed by atoms with Gasteiger partial charge in [-0.25, -0.2) is 4.79 Å². The molecule has 0 saturated heterocycles. The van der Waals surface area contributed by atoms with Crippen LogP contribution < -0.4 is 20.7 Å². The van der Waals surface area contributed by atoms with Crippen LogP contribution in [-0.2, 0) is 4.79 Å². The third-order valence-corrected chi connectivity index (χ3v) is 4.61. The summed E-state index contributed by atoms with van der Waals surface area (Å²) in [6, 6.07) is 12.3. The normalized spacial score (nSPS) is 16.4. The molecule has 0 fully saturated rings. The number of hydrogen-bond donors (Lipinski definition) is 3. The number of ether oxygens (including phenoxy) is 1. The quantitative estimate of drug-likeness (QED) is 0.775. The van der Waals surface area contributed by atoms with E-state index >= 15 is 0 Å². The zero-order valence-corrected chi connectivity index (χ0v) is 15.8. The number of amides is 3. The van der Waals surface area contributed by atoms with Crippen molar-refractivity contribution in [3.8, 4) is 5.75 Å². The second-order valence-electron chi connectivity index (χ2n) is 6.61. The minimum atomic E-state index is -0.517. The average Bonchev–Trinajstić information content (AvgIpc) is 2.63.